The number of hydrogen-bond acceptors (Lipinski definition) is 3. The van der Waals surface area contributed by atoms with Crippen molar-refractivity contribution in [3.8, 4) is 5.75 Å². The van der Waals surface area contributed by atoms with E-state index in [0.29, 0.717) is 17.3 Å². The Hall–Kier alpha value is -1.26. The lowest BCUT2D eigenvalue weighted by atomic mass is 10.0. The lowest BCUT2D eigenvalue weighted by Gasteiger charge is -2.27. The van der Waals surface area contributed by atoms with E-state index in [9.17, 15) is 4.79 Å². The van der Waals surface area contributed by atoms with Crippen molar-refractivity contribution in [3.05, 3.63) is 28.8 Å². The van der Waals surface area contributed by atoms with Gasteiger partial charge in [-0.05, 0) is 45.4 Å². The standard InChI is InChI=1S/C15H23ClN2O2/c1-5-15(3,4)18-14(19)10(2)20-13-7-6-12(16)8-11(13)9-17/h6-8,10H,5,9,17H2,1-4H3,(H,18,19). The molecule has 1 amide bonds. The molecule has 0 aliphatic carbocycles. The number of rotatable bonds is 6. The summed E-state index contributed by atoms with van der Waals surface area (Å²) < 4.78 is 5.69. The summed E-state index contributed by atoms with van der Waals surface area (Å²) >= 11 is 5.91. The molecule has 1 atom stereocenters. The lowest BCUT2D eigenvalue weighted by Crippen LogP contribution is -2.48. The van der Waals surface area contributed by atoms with Crippen LogP contribution in [0.1, 0.15) is 39.7 Å². The maximum Gasteiger partial charge on any atom is 0.261 e. The Balaban J connectivity index is 2.75. The first-order valence-electron chi connectivity index (χ1n) is 6.76. The minimum absolute atomic E-state index is 0.144. The Morgan fingerprint density at radius 1 is 1.50 bits per heavy atom. The van der Waals surface area contributed by atoms with Crippen LogP contribution >= 0.6 is 11.6 Å². The molecule has 5 heteroatoms. The smallest absolute Gasteiger partial charge is 0.261 e. The summed E-state index contributed by atoms with van der Waals surface area (Å²) in [7, 11) is 0. The molecular formula is C15H23ClN2O2. The van der Waals surface area contributed by atoms with Crippen LogP contribution in [0, 0.1) is 0 Å². The number of hydrogen-bond donors (Lipinski definition) is 2. The summed E-state index contributed by atoms with van der Waals surface area (Å²) in [5.41, 5.74) is 6.19. The topological polar surface area (TPSA) is 64.3 Å². The second kappa shape index (κ2) is 6.95. The summed E-state index contributed by atoms with van der Waals surface area (Å²) in [6.45, 7) is 8.01. The summed E-state index contributed by atoms with van der Waals surface area (Å²) in [4.78, 5) is 12.1. The van der Waals surface area contributed by atoms with E-state index < -0.39 is 6.10 Å². The maximum atomic E-state index is 12.1. The highest BCUT2D eigenvalue weighted by atomic mass is 35.5. The van der Waals surface area contributed by atoms with Crippen LogP contribution in [0.5, 0.6) is 5.75 Å². The van der Waals surface area contributed by atoms with Crippen LogP contribution in [-0.4, -0.2) is 17.6 Å². The monoisotopic (exact) mass is 298 g/mol. The average molecular weight is 299 g/mol. The van der Waals surface area contributed by atoms with Crippen molar-refractivity contribution < 1.29 is 9.53 Å². The zero-order valence-corrected chi connectivity index (χ0v) is 13.3. The van der Waals surface area contributed by atoms with Crippen LogP contribution in [0.2, 0.25) is 5.02 Å². The van der Waals surface area contributed by atoms with Crippen LogP contribution in [0.3, 0.4) is 0 Å². The van der Waals surface area contributed by atoms with Crippen LogP contribution < -0.4 is 15.8 Å². The predicted octanol–water partition coefficient (Wildman–Crippen LogP) is 2.87. The molecule has 0 saturated heterocycles. The first-order chi connectivity index (χ1) is 9.29. The highest BCUT2D eigenvalue weighted by Crippen LogP contribution is 2.23. The molecule has 3 N–H and O–H groups in total. The van der Waals surface area contributed by atoms with Crippen molar-refractivity contribution >= 4 is 17.5 Å². The van der Waals surface area contributed by atoms with Gasteiger partial charge in [-0.25, -0.2) is 0 Å². The molecule has 0 aliphatic rings. The van der Waals surface area contributed by atoms with Gasteiger partial charge in [0.25, 0.3) is 5.91 Å². The van der Waals surface area contributed by atoms with Gasteiger partial charge < -0.3 is 15.8 Å². The van der Waals surface area contributed by atoms with Crippen molar-refractivity contribution in [1.29, 1.82) is 0 Å². The highest BCUT2D eigenvalue weighted by molar-refractivity contribution is 6.30. The molecule has 0 aliphatic heterocycles. The molecule has 112 valence electrons. The van der Waals surface area contributed by atoms with E-state index in [4.69, 9.17) is 22.1 Å². The quantitative estimate of drug-likeness (QED) is 0.849. The largest absolute Gasteiger partial charge is 0.481 e. The second-order valence-corrected chi connectivity index (χ2v) is 5.88. The predicted molar refractivity (Wildman–Crippen MR) is 81.9 cm³/mol. The highest BCUT2D eigenvalue weighted by Gasteiger charge is 2.23. The van der Waals surface area contributed by atoms with Gasteiger partial charge in [-0.3, -0.25) is 4.79 Å². The summed E-state index contributed by atoms with van der Waals surface area (Å²) in [5, 5.41) is 3.55. The van der Waals surface area contributed by atoms with Gasteiger partial charge in [-0.15, -0.1) is 0 Å². The molecule has 1 rings (SSSR count). The van der Waals surface area contributed by atoms with Crippen molar-refractivity contribution in [1.82, 2.24) is 5.32 Å². The van der Waals surface area contributed by atoms with Gasteiger partial charge in [-0.1, -0.05) is 18.5 Å². The van der Waals surface area contributed by atoms with E-state index >= 15 is 0 Å². The molecule has 0 heterocycles. The maximum absolute atomic E-state index is 12.1. The molecule has 1 unspecified atom stereocenters. The fourth-order valence-electron chi connectivity index (χ4n) is 1.59. The molecule has 0 saturated carbocycles. The Labute approximate surface area is 125 Å². The van der Waals surface area contributed by atoms with Gasteiger partial charge in [0, 0.05) is 22.7 Å². The number of nitrogens with one attached hydrogen (secondary N) is 1. The number of ether oxygens (including phenoxy) is 1. The van der Waals surface area contributed by atoms with Crippen molar-refractivity contribution in [3.63, 3.8) is 0 Å². The molecule has 0 radical (unpaired) electrons. The van der Waals surface area contributed by atoms with Crippen molar-refractivity contribution in [2.24, 2.45) is 5.73 Å². The van der Waals surface area contributed by atoms with Crippen LogP contribution in [0.15, 0.2) is 18.2 Å². The third kappa shape index (κ3) is 4.69. The fourth-order valence-corrected chi connectivity index (χ4v) is 1.78. The Kier molecular flexibility index (Phi) is 5.84. The summed E-state index contributed by atoms with van der Waals surface area (Å²) in [6, 6.07) is 5.20. The normalized spacial score (nSPS) is 12.9. The number of carbonyl (C=O) groups excluding carboxylic acids is 1. The molecule has 1 aromatic rings. The average Bonchev–Trinajstić information content (AvgIpc) is 2.40. The van der Waals surface area contributed by atoms with Crippen LogP contribution in [0.25, 0.3) is 0 Å². The number of carbonyl (C=O) groups is 1. The molecular weight excluding hydrogens is 276 g/mol. The Morgan fingerprint density at radius 2 is 2.15 bits per heavy atom. The zero-order chi connectivity index (χ0) is 15.3. The third-order valence-electron chi connectivity index (χ3n) is 3.26. The zero-order valence-electron chi connectivity index (χ0n) is 12.5. The molecule has 20 heavy (non-hydrogen) atoms. The third-order valence-corrected chi connectivity index (χ3v) is 3.50. The lowest BCUT2D eigenvalue weighted by molar-refractivity contribution is -0.129. The number of halogens is 1. The van der Waals surface area contributed by atoms with E-state index in [1.807, 2.05) is 20.8 Å². The summed E-state index contributed by atoms with van der Waals surface area (Å²) in [6.07, 6.45) is 0.257. The number of benzene rings is 1. The minimum Gasteiger partial charge on any atom is -0.481 e. The van der Waals surface area contributed by atoms with Crippen molar-refractivity contribution in [2.75, 3.05) is 0 Å². The van der Waals surface area contributed by atoms with Gasteiger partial charge >= 0.3 is 0 Å². The molecule has 4 nitrogen and oxygen atoms in total. The van der Waals surface area contributed by atoms with Gasteiger partial charge in [0.05, 0.1) is 0 Å². The van der Waals surface area contributed by atoms with E-state index in [2.05, 4.69) is 5.32 Å². The number of nitrogens with two attached hydrogens (primary N) is 1. The molecule has 0 bridgehead atoms. The van der Waals surface area contributed by atoms with Crippen LogP contribution in [0.4, 0.5) is 0 Å². The van der Waals surface area contributed by atoms with Gasteiger partial charge in [0.2, 0.25) is 0 Å². The SMILES string of the molecule is CCC(C)(C)NC(=O)C(C)Oc1ccc(Cl)cc1CN. The fraction of sp³-hybridized carbons (Fsp3) is 0.533. The van der Waals surface area contributed by atoms with Gasteiger partial charge in [0.15, 0.2) is 6.10 Å². The summed E-state index contributed by atoms with van der Waals surface area (Å²) in [5.74, 6) is 0.448. The first-order valence-corrected chi connectivity index (χ1v) is 7.14. The number of amides is 1. The first kappa shape index (κ1) is 16.8. The van der Waals surface area contributed by atoms with Crippen LogP contribution in [-0.2, 0) is 11.3 Å². The molecule has 0 spiro atoms. The van der Waals surface area contributed by atoms with E-state index in [1.54, 1.807) is 25.1 Å². The molecule has 0 aromatic heterocycles. The molecule has 1 aromatic carbocycles. The van der Waals surface area contributed by atoms with Crippen molar-refractivity contribution in [2.45, 2.75) is 52.3 Å². The molecule has 0 fully saturated rings. The van der Waals surface area contributed by atoms with E-state index in [-0.39, 0.29) is 11.4 Å². The Bertz CT molecular complexity index is 475. The minimum atomic E-state index is -0.590. The van der Waals surface area contributed by atoms with Gasteiger partial charge in [0.1, 0.15) is 5.75 Å². The van der Waals surface area contributed by atoms with Gasteiger partial charge in [-0.2, -0.15) is 0 Å². The van der Waals surface area contributed by atoms with E-state index in [1.165, 1.54) is 0 Å². The second-order valence-electron chi connectivity index (χ2n) is 5.44. The van der Waals surface area contributed by atoms with E-state index in [0.717, 1.165) is 12.0 Å². The Morgan fingerprint density at radius 3 is 2.70 bits per heavy atom.